The molecule has 1 saturated carbocycles. The van der Waals surface area contributed by atoms with E-state index in [2.05, 4.69) is 15.5 Å². The maximum atomic E-state index is 11.7. The summed E-state index contributed by atoms with van der Waals surface area (Å²) in [5.74, 6) is 0. The third kappa shape index (κ3) is 4.33. The van der Waals surface area contributed by atoms with Crippen molar-refractivity contribution >= 4 is 23.3 Å². The summed E-state index contributed by atoms with van der Waals surface area (Å²) in [5.41, 5.74) is 1.80. The van der Waals surface area contributed by atoms with Crippen LogP contribution in [0.3, 0.4) is 0 Å². The highest BCUT2D eigenvalue weighted by atomic mass is 35.5. The quantitative estimate of drug-likeness (QED) is 0.898. The minimum atomic E-state index is -0.158. The van der Waals surface area contributed by atoms with Crippen molar-refractivity contribution in [2.24, 2.45) is 0 Å². The van der Waals surface area contributed by atoms with Crippen LogP contribution in [0.5, 0.6) is 0 Å². The topological polar surface area (TPSA) is 53.6 Å². The Labute approximate surface area is 129 Å². The zero-order valence-corrected chi connectivity index (χ0v) is 12.7. The SMILES string of the molecule is O=C(Nc1ccc(CN2CCOCC2)c(Cl)c1)NC1CC1. The average molecular weight is 310 g/mol. The van der Waals surface area contributed by atoms with Crippen LogP contribution in [0.25, 0.3) is 0 Å². The first kappa shape index (κ1) is 14.6. The maximum absolute atomic E-state index is 11.7. The number of carbonyl (C=O) groups excluding carboxylic acids is 1. The van der Waals surface area contributed by atoms with Crippen LogP contribution < -0.4 is 10.6 Å². The Morgan fingerprint density at radius 2 is 2.10 bits per heavy atom. The van der Waals surface area contributed by atoms with Crippen LogP contribution in [0.2, 0.25) is 5.02 Å². The van der Waals surface area contributed by atoms with Gasteiger partial charge in [0.2, 0.25) is 0 Å². The molecular weight excluding hydrogens is 290 g/mol. The summed E-state index contributed by atoms with van der Waals surface area (Å²) >= 11 is 6.32. The summed E-state index contributed by atoms with van der Waals surface area (Å²) in [5, 5.41) is 6.39. The summed E-state index contributed by atoms with van der Waals surface area (Å²) in [4.78, 5) is 14.0. The molecule has 0 unspecified atom stereocenters. The first-order valence-corrected chi connectivity index (χ1v) is 7.74. The Morgan fingerprint density at radius 1 is 1.33 bits per heavy atom. The molecule has 0 spiro atoms. The van der Waals surface area contributed by atoms with E-state index in [-0.39, 0.29) is 6.03 Å². The molecule has 2 N–H and O–H groups in total. The molecule has 21 heavy (non-hydrogen) atoms. The average Bonchev–Trinajstić information content (AvgIpc) is 3.27. The number of morpholine rings is 1. The number of nitrogens with one attached hydrogen (secondary N) is 2. The van der Waals surface area contributed by atoms with Gasteiger partial charge in [-0.25, -0.2) is 4.79 Å². The third-order valence-corrected chi connectivity index (χ3v) is 4.07. The number of rotatable bonds is 4. The van der Waals surface area contributed by atoms with Gasteiger partial charge in [0.25, 0.3) is 0 Å². The molecule has 0 radical (unpaired) electrons. The van der Waals surface area contributed by atoms with Crippen molar-refractivity contribution < 1.29 is 9.53 Å². The van der Waals surface area contributed by atoms with Crippen molar-refractivity contribution in [1.29, 1.82) is 0 Å². The number of benzene rings is 1. The predicted molar refractivity (Wildman–Crippen MR) is 82.7 cm³/mol. The Morgan fingerprint density at radius 3 is 2.76 bits per heavy atom. The Kier molecular flexibility index (Phi) is 4.63. The molecule has 0 atom stereocenters. The molecule has 5 nitrogen and oxygen atoms in total. The van der Waals surface area contributed by atoms with Gasteiger partial charge in [-0.15, -0.1) is 0 Å². The number of halogens is 1. The van der Waals surface area contributed by atoms with E-state index in [1.165, 1.54) is 0 Å². The van der Waals surface area contributed by atoms with Gasteiger partial charge >= 0.3 is 6.03 Å². The summed E-state index contributed by atoms with van der Waals surface area (Å²) in [7, 11) is 0. The summed E-state index contributed by atoms with van der Waals surface area (Å²) in [6.45, 7) is 4.23. The van der Waals surface area contributed by atoms with Gasteiger partial charge in [-0.1, -0.05) is 17.7 Å². The van der Waals surface area contributed by atoms with Gasteiger partial charge in [-0.05, 0) is 30.5 Å². The molecule has 2 amide bonds. The van der Waals surface area contributed by atoms with Gasteiger partial charge in [-0.2, -0.15) is 0 Å². The molecule has 2 aliphatic rings. The molecule has 3 rings (SSSR count). The maximum Gasteiger partial charge on any atom is 0.319 e. The Bertz CT molecular complexity index is 514. The lowest BCUT2D eigenvalue weighted by Crippen LogP contribution is -2.35. The molecule has 0 bridgehead atoms. The molecule has 114 valence electrons. The number of amides is 2. The molecule has 1 heterocycles. The molecule has 1 saturated heterocycles. The van der Waals surface area contributed by atoms with Crippen LogP contribution in [-0.2, 0) is 11.3 Å². The standard InChI is InChI=1S/C15H20ClN3O2/c16-14-9-13(18-15(20)17-12-3-4-12)2-1-11(14)10-19-5-7-21-8-6-19/h1-2,9,12H,3-8,10H2,(H2,17,18,20). The van der Waals surface area contributed by atoms with Crippen LogP contribution in [0.15, 0.2) is 18.2 Å². The van der Waals surface area contributed by atoms with E-state index >= 15 is 0 Å². The fraction of sp³-hybridized carbons (Fsp3) is 0.533. The minimum absolute atomic E-state index is 0.158. The van der Waals surface area contributed by atoms with Crippen molar-refractivity contribution in [3.63, 3.8) is 0 Å². The van der Waals surface area contributed by atoms with Crippen molar-refractivity contribution in [1.82, 2.24) is 10.2 Å². The van der Waals surface area contributed by atoms with Gasteiger partial charge in [0.05, 0.1) is 13.2 Å². The molecule has 6 heteroatoms. The first-order valence-electron chi connectivity index (χ1n) is 7.37. The van der Waals surface area contributed by atoms with Gasteiger partial charge in [0, 0.05) is 36.4 Å². The summed E-state index contributed by atoms with van der Waals surface area (Å²) in [6.07, 6.45) is 2.15. The summed E-state index contributed by atoms with van der Waals surface area (Å²) < 4.78 is 5.34. The van der Waals surface area contributed by atoms with E-state index in [9.17, 15) is 4.79 Å². The van der Waals surface area contributed by atoms with Crippen LogP contribution in [0, 0.1) is 0 Å². The van der Waals surface area contributed by atoms with Crippen molar-refractivity contribution in [3.05, 3.63) is 28.8 Å². The highest BCUT2D eigenvalue weighted by Crippen LogP contribution is 2.23. The molecule has 2 fully saturated rings. The van der Waals surface area contributed by atoms with E-state index in [0.717, 1.165) is 56.9 Å². The molecular formula is C15H20ClN3O2. The van der Waals surface area contributed by atoms with Gasteiger partial charge < -0.3 is 15.4 Å². The highest BCUT2D eigenvalue weighted by molar-refractivity contribution is 6.31. The van der Waals surface area contributed by atoms with Crippen molar-refractivity contribution in [2.45, 2.75) is 25.4 Å². The normalized spacial score (nSPS) is 19.3. The van der Waals surface area contributed by atoms with E-state index in [1.807, 2.05) is 18.2 Å². The number of carbonyl (C=O) groups is 1. The monoisotopic (exact) mass is 309 g/mol. The van der Waals surface area contributed by atoms with E-state index in [4.69, 9.17) is 16.3 Å². The molecule has 1 aromatic carbocycles. The van der Waals surface area contributed by atoms with Crippen molar-refractivity contribution in [2.75, 3.05) is 31.6 Å². The number of nitrogens with zero attached hydrogens (tertiary/aromatic N) is 1. The van der Waals surface area contributed by atoms with Crippen LogP contribution in [-0.4, -0.2) is 43.3 Å². The van der Waals surface area contributed by atoms with Crippen LogP contribution in [0.1, 0.15) is 18.4 Å². The molecule has 1 aromatic rings. The van der Waals surface area contributed by atoms with E-state index < -0.39 is 0 Å². The predicted octanol–water partition coefficient (Wildman–Crippen LogP) is 2.46. The lowest BCUT2D eigenvalue weighted by molar-refractivity contribution is 0.0342. The number of ether oxygens (including phenoxy) is 1. The second kappa shape index (κ2) is 6.64. The fourth-order valence-corrected chi connectivity index (χ4v) is 2.57. The van der Waals surface area contributed by atoms with Crippen LogP contribution >= 0.6 is 11.6 Å². The zero-order valence-electron chi connectivity index (χ0n) is 11.9. The lowest BCUT2D eigenvalue weighted by Gasteiger charge is -2.27. The Hall–Kier alpha value is -1.30. The second-order valence-corrected chi connectivity index (χ2v) is 5.97. The lowest BCUT2D eigenvalue weighted by atomic mass is 10.2. The number of urea groups is 1. The Balaban J connectivity index is 1.57. The van der Waals surface area contributed by atoms with Gasteiger partial charge in [0.1, 0.15) is 0 Å². The first-order chi connectivity index (χ1) is 10.2. The van der Waals surface area contributed by atoms with Gasteiger partial charge in [-0.3, -0.25) is 4.90 Å². The second-order valence-electron chi connectivity index (χ2n) is 5.57. The van der Waals surface area contributed by atoms with E-state index in [1.54, 1.807) is 0 Å². The molecule has 1 aliphatic heterocycles. The minimum Gasteiger partial charge on any atom is -0.379 e. The summed E-state index contributed by atoms with van der Waals surface area (Å²) in [6, 6.07) is 5.87. The third-order valence-electron chi connectivity index (χ3n) is 3.72. The number of hydrogen-bond donors (Lipinski definition) is 2. The zero-order chi connectivity index (χ0) is 14.7. The number of anilines is 1. The van der Waals surface area contributed by atoms with Gasteiger partial charge in [0.15, 0.2) is 0 Å². The van der Waals surface area contributed by atoms with Crippen LogP contribution in [0.4, 0.5) is 10.5 Å². The molecule has 0 aromatic heterocycles. The smallest absolute Gasteiger partial charge is 0.319 e. The molecule has 1 aliphatic carbocycles. The van der Waals surface area contributed by atoms with Crippen molar-refractivity contribution in [3.8, 4) is 0 Å². The largest absolute Gasteiger partial charge is 0.379 e. The van der Waals surface area contributed by atoms with E-state index in [0.29, 0.717) is 11.1 Å². The highest BCUT2D eigenvalue weighted by Gasteiger charge is 2.23. The fourth-order valence-electron chi connectivity index (χ4n) is 2.33. The number of hydrogen-bond acceptors (Lipinski definition) is 3.